The minimum atomic E-state index is 0.0303. The fraction of sp³-hybridized carbons (Fsp3) is 0.600. The van der Waals surface area contributed by atoms with Gasteiger partial charge in [0, 0.05) is 15.3 Å². The molecule has 0 aliphatic carbocycles. The lowest BCUT2D eigenvalue weighted by Crippen LogP contribution is -2.11. The summed E-state index contributed by atoms with van der Waals surface area (Å²) >= 11 is 5.40. The van der Waals surface area contributed by atoms with Crippen LogP contribution in [0.2, 0.25) is 0 Å². The van der Waals surface area contributed by atoms with E-state index in [2.05, 4.69) is 105 Å². The number of aromatic nitrogens is 2. The Balaban J connectivity index is 1.80. The molecule has 2 atom stereocenters. The first-order chi connectivity index (χ1) is 21.4. The molecular formula is C40H56N2S3. The predicted octanol–water partition coefficient (Wildman–Crippen LogP) is 13.9. The standard InChI is InChI=1S/C40H56N2S3/c1-11-15-17-25(13-3)21-28-29(22-26(14-4)18-16-12-2)31-24-34(40(8,9)10)44-38(31)37-30(28)23-33(43-37)27-19-20-32(39(5,6)7)36-35(27)41-45-42-36/h19-20,23-26H,11-18,21-22H2,1-10H3. The van der Waals surface area contributed by atoms with Gasteiger partial charge in [-0.1, -0.05) is 133 Å². The van der Waals surface area contributed by atoms with E-state index < -0.39 is 0 Å². The molecule has 5 rings (SSSR count). The SMILES string of the molecule is CCCCC(CC)Cc1c(CC(CC)CCCC)c2cc(C(C)(C)C)sc2c2sc(-c3ccc(C(C)(C)C)c4nsnc34)cc12. The van der Waals surface area contributed by atoms with Crippen molar-refractivity contribution in [2.45, 2.75) is 144 Å². The van der Waals surface area contributed by atoms with Gasteiger partial charge in [0.05, 0.1) is 21.1 Å². The fourth-order valence-electron chi connectivity index (χ4n) is 7.00. The molecule has 0 N–H and O–H groups in total. The number of benzene rings is 2. The quantitative estimate of drug-likeness (QED) is 0.126. The Morgan fingerprint density at radius 1 is 0.667 bits per heavy atom. The maximum absolute atomic E-state index is 4.89. The Morgan fingerprint density at radius 2 is 1.22 bits per heavy atom. The Hall–Kier alpha value is -1.82. The second-order valence-corrected chi connectivity index (χ2v) is 18.2. The second kappa shape index (κ2) is 14.1. The first kappa shape index (κ1) is 34.5. The number of nitrogens with zero attached hydrogens (tertiary/aromatic N) is 2. The van der Waals surface area contributed by atoms with Gasteiger partial charge < -0.3 is 0 Å². The molecule has 0 fully saturated rings. The molecule has 244 valence electrons. The minimum absolute atomic E-state index is 0.0303. The maximum Gasteiger partial charge on any atom is 0.113 e. The largest absolute Gasteiger partial charge is 0.173 e. The van der Waals surface area contributed by atoms with E-state index in [1.54, 1.807) is 16.5 Å². The van der Waals surface area contributed by atoms with E-state index in [-0.39, 0.29) is 10.8 Å². The highest BCUT2D eigenvalue weighted by Crippen LogP contribution is 2.49. The lowest BCUT2D eigenvalue weighted by molar-refractivity contribution is 0.436. The fourth-order valence-corrected chi connectivity index (χ4v) is 10.2. The second-order valence-electron chi connectivity index (χ2n) is 15.5. The number of fused-ring (bicyclic) bond motifs is 4. The highest BCUT2D eigenvalue weighted by Gasteiger charge is 2.27. The Bertz CT molecular complexity index is 1740. The van der Waals surface area contributed by atoms with Crippen LogP contribution in [-0.2, 0) is 23.7 Å². The van der Waals surface area contributed by atoms with Crippen molar-refractivity contribution in [3.63, 3.8) is 0 Å². The van der Waals surface area contributed by atoms with Gasteiger partial charge in [0.15, 0.2) is 0 Å². The summed E-state index contributed by atoms with van der Waals surface area (Å²) < 4.78 is 12.7. The van der Waals surface area contributed by atoms with E-state index in [9.17, 15) is 0 Å². The summed E-state index contributed by atoms with van der Waals surface area (Å²) in [7, 11) is 0. The van der Waals surface area contributed by atoms with E-state index in [0.717, 1.165) is 22.9 Å². The monoisotopic (exact) mass is 660 g/mol. The molecule has 0 bridgehead atoms. The van der Waals surface area contributed by atoms with E-state index in [4.69, 9.17) is 8.75 Å². The van der Waals surface area contributed by atoms with E-state index >= 15 is 0 Å². The highest BCUT2D eigenvalue weighted by molar-refractivity contribution is 7.29. The summed E-state index contributed by atoms with van der Waals surface area (Å²) in [5, 5.41) is 3.06. The molecule has 2 aromatic carbocycles. The molecule has 3 heterocycles. The zero-order valence-electron chi connectivity index (χ0n) is 29.7. The molecule has 2 unspecified atom stereocenters. The summed E-state index contributed by atoms with van der Waals surface area (Å²) in [6, 6.07) is 9.79. The number of hydrogen-bond donors (Lipinski definition) is 0. The van der Waals surface area contributed by atoms with Crippen LogP contribution in [0.4, 0.5) is 0 Å². The van der Waals surface area contributed by atoms with Gasteiger partial charge in [-0.15, -0.1) is 22.7 Å². The molecule has 5 aromatic rings. The summed E-state index contributed by atoms with van der Waals surface area (Å²) in [5.74, 6) is 1.46. The van der Waals surface area contributed by atoms with Crippen molar-refractivity contribution in [1.29, 1.82) is 0 Å². The number of thiophene rings is 2. The summed E-state index contributed by atoms with van der Waals surface area (Å²) in [4.78, 5) is 2.85. The number of rotatable bonds is 13. The lowest BCUT2D eigenvalue weighted by Gasteiger charge is -2.22. The summed E-state index contributed by atoms with van der Waals surface area (Å²) in [6.45, 7) is 23.5. The smallest absolute Gasteiger partial charge is 0.113 e. The molecule has 0 saturated heterocycles. The normalized spacial score (nSPS) is 14.3. The van der Waals surface area contributed by atoms with E-state index in [1.165, 1.54) is 112 Å². The zero-order chi connectivity index (χ0) is 32.5. The Morgan fingerprint density at radius 3 is 1.76 bits per heavy atom. The zero-order valence-corrected chi connectivity index (χ0v) is 32.1. The molecular weight excluding hydrogens is 605 g/mol. The first-order valence-electron chi connectivity index (χ1n) is 17.7. The molecule has 0 aliphatic heterocycles. The maximum atomic E-state index is 4.89. The molecule has 0 spiro atoms. The minimum Gasteiger partial charge on any atom is -0.173 e. The third-order valence-electron chi connectivity index (χ3n) is 9.99. The van der Waals surface area contributed by atoms with Gasteiger partial charge in [-0.05, 0) is 75.1 Å². The molecule has 2 nitrogen and oxygen atoms in total. The third-order valence-corrected chi connectivity index (χ3v) is 13.4. The van der Waals surface area contributed by atoms with Gasteiger partial charge in [0.2, 0.25) is 0 Å². The predicted molar refractivity (Wildman–Crippen MR) is 205 cm³/mol. The van der Waals surface area contributed by atoms with Crippen molar-refractivity contribution in [3.8, 4) is 10.4 Å². The van der Waals surface area contributed by atoms with Crippen LogP contribution in [0.1, 0.15) is 142 Å². The highest BCUT2D eigenvalue weighted by atomic mass is 32.1. The topological polar surface area (TPSA) is 25.8 Å². The van der Waals surface area contributed by atoms with Crippen molar-refractivity contribution < 1.29 is 0 Å². The van der Waals surface area contributed by atoms with Crippen LogP contribution in [0.25, 0.3) is 41.6 Å². The van der Waals surface area contributed by atoms with Crippen LogP contribution < -0.4 is 0 Å². The van der Waals surface area contributed by atoms with Gasteiger partial charge in [-0.3, -0.25) is 0 Å². The van der Waals surface area contributed by atoms with E-state index in [0.29, 0.717) is 0 Å². The molecule has 3 aromatic heterocycles. The summed E-state index contributed by atoms with van der Waals surface area (Å²) in [5.41, 5.74) is 8.15. The van der Waals surface area contributed by atoms with Crippen molar-refractivity contribution in [1.82, 2.24) is 8.75 Å². The van der Waals surface area contributed by atoms with Crippen LogP contribution >= 0.6 is 34.4 Å². The molecule has 45 heavy (non-hydrogen) atoms. The average Bonchev–Trinajstić information content (AvgIpc) is 3.75. The molecule has 0 aliphatic rings. The van der Waals surface area contributed by atoms with Gasteiger partial charge in [0.25, 0.3) is 0 Å². The van der Waals surface area contributed by atoms with Crippen LogP contribution in [0.3, 0.4) is 0 Å². The van der Waals surface area contributed by atoms with Gasteiger partial charge in [-0.2, -0.15) is 8.75 Å². The van der Waals surface area contributed by atoms with Crippen molar-refractivity contribution in [2.75, 3.05) is 0 Å². The van der Waals surface area contributed by atoms with Crippen LogP contribution in [0, 0.1) is 11.8 Å². The first-order valence-corrected chi connectivity index (χ1v) is 20.0. The third kappa shape index (κ3) is 7.21. The van der Waals surface area contributed by atoms with Crippen molar-refractivity contribution in [2.24, 2.45) is 11.8 Å². The molecule has 5 heteroatoms. The Kier molecular flexibility index (Phi) is 10.8. The van der Waals surface area contributed by atoms with Crippen molar-refractivity contribution in [3.05, 3.63) is 45.8 Å². The summed E-state index contributed by atoms with van der Waals surface area (Å²) in [6.07, 6.45) is 12.8. The molecule has 0 saturated carbocycles. The number of unbranched alkanes of at least 4 members (excludes halogenated alkanes) is 2. The van der Waals surface area contributed by atoms with E-state index in [1.807, 2.05) is 11.3 Å². The van der Waals surface area contributed by atoms with Crippen LogP contribution in [-0.4, -0.2) is 8.75 Å². The average molecular weight is 661 g/mol. The van der Waals surface area contributed by atoms with Crippen molar-refractivity contribution >= 4 is 65.6 Å². The van der Waals surface area contributed by atoms with Gasteiger partial charge >= 0.3 is 0 Å². The number of hydrogen-bond acceptors (Lipinski definition) is 5. The van der Waals surface area contributed by atoms with Gasteiger partial charge in [-0.25, -0.2) is 0 Å². The van der Waals surface area contributed by atoms with Gasteiger partial charge in [0.1, 0.15) is 11.0 Å². The Labute approximate surface area is 285 Å². The lowest BCUT2D eigenvalue weighted by atomic mass is 9.82. The van der Waals surface area contributed by atoms with Crippen LogP contribution in [0.15, 0.2) is 24.3 Å². The van der Waals surface area contributed by atoms with Crippen LogP contribution in [0.5, 0.6) is 0 Å². The molecule has 0 amide bonds. The molecule has 0 radical (unpaired) electrons.